The fourth-order valence-electron chi connectivity index (χ4n) is 3.75. The quantitative estimate of drug-likeness (QED) is 0.861. The monoisotopic (exact) mass is 355 g/mol. The molecule has 1 aliphatic heterocycles. The van der Waals surface area contributed by atoms with E-state index >= 15 is 0 Å². The molecule has 2 aliphatic rings. The molecule has 7 heteroatoms. The smallest absolute Gasteiger partial charge is 0.317 e. The number of urea groups is 1. The van der Waals surface area contributed by atoms with Gasteiger partial charge in [0.2, 0.25) is 0 Å². The minimum Gasteiger partial charge on any atom is -0.370 e. The fraction of sp³-hybridized carbons (Fsp3) is 0.526. The summed E-state index contributed by atoms with van der Waals surface area (Å²) in [5, 5.41) is 10.4. The maximum Gasteiger partial charge on any atom is 0.317 e. The maximum atomic E-state index is 12.5. The van der Waals surface area contributed by atoms with Crippen LogP contribution in [0.25, 0.3) is 0 Å². The second-order valence-electron chi connectivity index (χ2n) is 6.98. The molecule has 2 N–H and O–H groups in total. The summed E-state index contributed by atoms with van der Waals surface area (Å²) >= 11 is 0. The molecule has 0 radical (unpaired) electrons. The molecular formula is C19H25N5O2. The van der Waals surface area contributed by atoms with E-state index in [2.05, 4.69) is 20.5 Å². The molecule has 0 spiro atoms. The Kier molecular flexibility index (Phi) is 5.15. The SMILES string of the molecule is O=C(NCc1n[nH]c2c1CCC2)N1CCCC(OCc2ccccn2)C1. The second kappa shape index (κ2) is 7.86. The normalized spacial score (nSPS) is 19.4. The van der Waals surface area contributed by atoms with Crippen molar-refractivity contribution in [2.45, 2.75) is 51.4 Å². The Hall–Kier alpha value is -2.41. The van der Waals surface area contributed by atoms with E-state index in [1.54, 1.807) is 6.20 Å². The first-order valence-electron chi connectivity index (χ1n) is 9.39. The lowest BCUT2D eigenvalue weighted by molar-refractivity contribution is -0.00169. The van der Waals surface area contributed by atoms with E-state index in [1.165, 1.54) is 17.7 Å². The van der Waals surface area contributed by atoms with Crippen molar-refractivity contribution in [3.63, 3.8) is 0 Å². The summed E-state index contributed by atoms with van der Waals surface area (Å²) in [6, 6.07) is 5.77. The summed E-state index contributed by atoms with van der Waals surface area (Å²) in [6.07, 6.45) is 7.06. The Balaban J connectivity index is 1.26. The Morgan fingerprint density at radius 1 is 1.35 bits per heavy atom. The van der Waals surface area contributed by atoms with Gasteiger partial charge in [0.25, 0.3) is 0 Å². The highest BCUT2D eigenvalue weighted by atomic mass is 16.5. The summed E-state index contributed by atoms with van der Waals surface area (Å²) in [5.74, 6) is 0. The number of amides is 2. The number of carbonyl (C=O) groups is 1. The molecule has 2 amide bonds. The number of pyridine rings is 1. The van der Waals surface area contributed by atoms with E-state index < -0.39 is 0 Å². The van der Waals surface area contributed by atoms with E-state index in [4.69, 9.17) is 4.74 Å². The number of aromatic nitrogens is 3. The number of aryl methyl sites for hydroxylation is 1. The van der Waals surface area contributed by atoms with Crippen molar-refractivity contribution >= 4 is 6.03 Å². The molecule has 1 aliphatic carbocycles. The summed E-state index contributed by atoms with van der Waals surface area (Å²) < 4.78 is 5.96. The number of hydrogen-bond donors (Lipinski definition) is 2. The lowest BCUT2D eigenvalue weighted by Gasteiger charge is -2.32. The number of nitrogens with one attached hydrogen (secondary N) is 2. The molecule has 2 aromatic rings. The number of fused-ring (bicyclic) bond motifs is 1. The molecule has 1 fully saturated rings. The van der Waals surface area contributed by atoms with Crippen LogP contribution < -0.4 is 5.32 Å². The van der Waals surface area contributed by atoms with Gasteiger partial charge in [-0.15, -0.1) is 0 Å². The largest absolute Gasteiger partial charge is 0.370 e. The van der Waals surface area contributed by atoms with Gasteiger partial charge in [0.05, 0.1) is 30.6 Å². The van der Waals surface area contributed by atoms with E-state index in [0.29, 0.717) is 19.7 Å². The van der Waals surface area contributed by atoms with Crippen LogP contribution in [0.15, 0.2) is 24.4 Å². The van der Waals surface area contributed by atoms with Crippen LogP contribution in [0.3, 0.4) is 0 Å². The minimum atomic E-state index is -0.0362. The van der Waals surface area contributed by atoms with Crippen molar-refractivity contribution in [1.29, 1.82) is 0 Å². The van der Waals surface area contributed by atoms with Gasteiger partial charge in [0.15, 0.2) is 0 Å². The average molecular weight is 355 g/mol. The van der Waals surface area contributed by atoms with Gasteiger partial charge in [-0.3, -0.25) is 10.1 Å². The number of carbonyl (C=O) groups excluding carboxylic acids is 1. The highest BCUT2D eigenvalue weighted by Crippen LogP contribution is 2.22. The van der Waals surface area contributed by atoms with Crippen molar-refractivity contribution in [2.24, 2.45) is 0 Å². The molecule has 1 saturated heterocycles. The number of hydrogen-bond acceptors (Lipinski definition) is 4. The second-order valence-corrected chi connectivity index (χ2v) is 6.98. The Labute approximate surface area is 153 Å². The molecule has 2 aromatic heterocycles. The lowest BCUT2D eigenvalue weighted by Crippen LogP contribution is -2.47. The summed E-state index contributed by atoms with van der Waals surface area (Å²) in [7, 11) is 0. The molecule has 0 saturated carbocycles. The molecule has 7 nitrogen and oxygen atoms in total. The van der Waals surface area contributed by atoms with Crippen LogP contribution in [-0.4, -0.2) is 45.3 Å². The highest BCUT2D eigenvalue weighted by Gasteiger charge is 2.25. The van der Waals surface area contributed by atoms with Crippen LogP contribution in [0, 0.1) is 0 Å². The van der Waals surface area contributed by atoms with Gasteiger partial charge >= 0.3 is 6.03 Å². The molecule has 0 bridgehead atoms. The van der Waals surface area contributed by atoms with Gasteiger partial charge in [-0.1, -0.05) is 6.07 Å². The first-order valence-corrected chi connectivity index (χ1v) is 9.39. The lowest BCUT2D eigenvalue weighted by atomic mass is 10.1. The maximum absolute atomic E-state index is 12.5. The highest BCUT2D eigenvalue weighted by molar-refractivity contribution is 5.74. The summed E-state index contributed by atoms with van der Waals surface area (Å²) in [6.45, 7) is 2.37. The molecule has 26 heavy (non-hydrogen) atoms. The van der Waals surface area contributed by atoms with E-state index in [1.807, 2.05) is 23.1 Å². The molecule has 138 valence electrons. The van der Waals surface area contributed by atoms with Gasteiger partial charge in [-0.05, 0) is 49.8 Å². The predicted octanol–water partition coefficient (Wildman–Crippen LogP) is 2.18. The number of ether oxygens (including phenoxy) is 1. The van der Waals surface area contributed by atoms with Gasteiger partial charge in [-0.2, -0.15) is 5.10 Å². The standard InChI is InChI=1S/C19H25N5O2/c25-19(21-11-18-16-7-3-8-17(16)22-23-18)24-10-4-6-15(12-24)26-13-14-5-1-2-9-20-14/h1-2,5,9,15H,3-4,6-8,10-13H2,(H,21,25)(H,22,23). The molecule has 3 heterocycles. The molecule has 1 atom stereocenters. The zero-order chi connectivity index (χ0) is 17.8. The molecule has 4 rings (SSSR count). The van der Waals surface area contributed by atoms with E-state index in [0.717, 1.165) is 43.6 Å². The predicted molar refractivity (Wildman–Crippen MR) is 96.5 cm³/mol. The molecular weight excluding hydrogens is 330 g/mol. The van der Waals surface area contributed by atoms with Gasteiger partial charge < -0.3 is 15.0 Å². The minimum absolute atomic E-state index is 0.0362. The van der Waals surface area contributed by atoms with Crippen LogP contribution in [0.5, 0.6) is 0 Å². The van der Waals surface area contributed by atoms with Crippen LogP contribution in [0.1, 0.15) is 41.9 Å². The van der Waals surface area contributed by atoms with Gasteiger partial charge in [0.1, 0.15) is 0 Å². The van der Waals surface area contributed by atoms with Crippen LogP contribution in [-0.2, 0) is 30.7 Å². The number of likely N-dealkylation sites (tertiary alicyclic amines) is 1. The molecule has 0 aromatic carbocycles. The zero-order valence-electron chi connectivity index (χ0n) is 14.9. The number of nitrogens with zero attached hydrogens (tertiary/aromatic N) is 3. The number of rotatable bonds is 5. The van der Waals surface area contributed by atoms with Crippen molar-refractivity contribution in [2.75, 3.05) is 13.1 Å². The number of piperidine rings is 1. The number of aromatic amines is 1. The fourth-order valence-corrected chi connectivity index (χ4v) is 3.75. The molecule has 1 unspecified atom stereocenters. The Morgan fingerprint density at radius 3 is 3.19 bits per heavy atom. The van der Waals surface area contributed by atoms with E-state index in [9.17, 15) is 4.79 Å². The number of H-pyrrole nitrogens is 1. The van der Waals surface area contributed by atoms with Crippen LogP contribution in [0.4, 0.5) is 4.79 Å². The van der Waals surface area contributed by atoms with Gasteiger partial charge in [-0.25, -0.2) is 4.79 Å². The van der Waals surface area contributed by atoms with Gasteiger partial charge in [0, 0.05) is 25.0 Å². The van der Waals surface area contributed by atoms with Crippen molar-refractivity contribution in [1.82, 2.24) is 25.4 Å². The third-order valence-corrected chi connectivity index (χ3v) is 5.16. The average Bonchev–Trinajstić information content (AvgIpc) is 3.30. The first kappa shape index (κ1) is 17.0. The summed E-state index contributed by atoms with van der Waals surface area (Å²) in [5.41, 5.74) is 4.42. The van der Waals surface area contributed by atoms with Crippen LogP contribution >= 0.6 is 0 Å². The first-order chi connectivity index (χ1) is 12.8. The van der Waals surface area contributed by atoms with E-state index in [-0.39, 0.29) is 12.1 Å². The third-order valence-electron chi connectivity index (χ3n) is 5.16. The summed E-state index contributed by atoms with van der Waals surface area (Å²) in [4.78, 5) is 18.6. The zero-order valence-corrected chi connectivity index (χ0v) is 14.9. The van der Waals surface area contributed by atoms with Crippen molar-refractivity contribution in [3.8, 4) is 0 Å². The Bertz CT molecular complexity index is 746. The third kappa shape index (κ3) is 3.88. The topological polar surface area (TPSA) is 83.1 Å². The van der Waals surface area contributed by atoms with Crippen molar-refractivity contribution in [3.05, 3.63) is 47.0 Å². The Morgan fingerprint density at radius 2 is 2.31 bits per heavy atom. The van der Waals surface area contributed by atoms with Crippen molar-refractivity contribution < 1.29 is 9.53 Å². The van der Waals surface area contributed by atoms with Crippen LogP contribution in [0.2, 0.25) is 0 Å².